The van der Waals surface area contributed by atoms with Crippen LogP contribution in [0.15, 0.2) is 47.2 Å². The van der Waals surface area contributed by atoms with Crippen LogP contribution in [-0.2, 0) is 0 Å². The number of benzene rings is 2. The quantitative estimate of drug-likeness (QED) is 0.578. The van der Waals surface area contributed by atoms with E-state index >= 15 is 0 Å². The minimum atomic E-state index is -0.456. The lowest BCUT2D eigenvalue weighted by atomic mass is 9.95. The van der Waals surface area contributed by atoms with Gasteiger partial charge in [-0.25, -0.2) is 4.98 Å². The molecule has 0 aliphatic heterocycles. The number of hydrogen-bond donors (Lipinski definition) is 2. The van der Waals surface area contributed by atoms with Crippen molar-refractivity contribution in [2.75, 3.05) is 0 Å². The molecule has 2 aromatic heterocycles. The molecular weight excluding hydrogens is 328 g/mol. The number of primary amides is 1. The van der Waals surface area contributed by atoms with Gasteiger partial charge in [-0.3, -0.25) is 4.79 Å². The molecule has 0 radical (unpaired) electrons. The second-order valence-electron chi connectivity index (χ2n) is 5.97. The van der Waals surface area contributed by atoms with Crippen molar-refractivity contribution in [3.05, 3.63) is 59.7 Å². The van der Waals surface area contributed by atoms with Crippen LogP contribution in [0.3, 0.4) is 0 Å². The number of fused-ring (bicyclic) bond motifs is 1. The molecule has 0 saturated heterocycles. The normalized spacial score (nSPS) is 10.7. The molecule has 2 aromatic carbocycles. The average Bonchev–Trinajstić information content (AvgIpc) is 3.20. The second-order valence-corrected chi connectivity index (χ2v) is 5.97. The minimum Gasteiger partial charge on any atom is -0.366 e. The zero-order valence-electron chi connectivity index (χ0n) is 13.8. The highest BCUT2D eigenvalue weighted by atomic mass is 16.5. The standard InChI is InChI=1S/C19H16N4O2.CH4/c1-10-17(11(2)25-23-10)14-7-15(18-16(8-14)21-9-22-18)12-4-3-5-13(6-12)19(20)24;/h3-9H,1-2H3,(H2,20,24)(H,21,22);1H4. The van der Waals surface area contributed by atoms with Gasteiger partial charge < -0.3 is 15.2 Å². The molecule has 2 heterocycles. The molecule has 0 saturated carbocycles. The van der Waals surface area contributed by atoms with Crippen LogP contribution in [0, 0.1) is 13.8 Å². The number of H-pyrrole nitrogens is 1. The van der Waals surface area contributed by atoms with Crippen molar-refractivity contribution >= 4 is 16.9 Å². The molecule has 0 fully saturated rings. The van der Waals surface area contributed by atoms with E-state index in [0.717, 1.165) is 44.7 Å². The van der Waals surface area contributed by atoms with Crippen LogP contribution in [0.25, 0.3) is 33.3 Å². The molecule has 6 nitrogen and oxygen atoms in total. The first-order valence-corrected chi connectivity index (χ1v) is 7.85. The summed E-state index contributed by atoms with van der Waals surface area (Å²) in [6.07, 6.45) is 1.66. The molecule has 0 spiro atoms. The van der Waals surface area contributed by atoms with Crippen molar-refractivity contribution in [2.45, 2.75) is 21.3 Å². The Labute approximate surface area is 151 Å². The van der Waals surface area contributed by atoms with E-state index in [1.807, 2.05) is 38.1 Å². The van der Waals surface area contributed by atoms with E-state index in [1.54, 1.807) is 18.5 Å². The zero-order valence-corrected chi connectivity index (χ0v) is 13.8. The number of hydrogen-bond acceptors (Lipinski definition) is 4. The summed E-state index contributed by atoms with van der Waals surface area (Å²) >= 11 is 0. The van der Waals surface area contributed by atoms with E-state index in [0.29, 0.717) is 5.56 Å². The van der Waals surface area contributed by atoms with Crippen LogP contribution in [0.1, 0.15) is 29.2 Å². The molecule has 3 N–H and O–H groups in total. The summed E-state index contributed by atoms with van der Waals surface area (Å²) < 4.78 is 5.30. The molecule has 0 atom stereocenters. The van der Waals surface area contributed by atoms with Crippen LogP contribution in [0.5, 0.6) is 0 Å². The highest BCUT2D eigenvalue weighted by Gasteiger charge is 2.16. The Kier molecular flexibility index (Phi) is 4.34. The molecule has 26 heavy (non-hydrogen) atoms. The van der Waals surface area contributed by atoms with Crippen molar-refractivity contribution in [3.63, 3.8) is 0 Å². The van der Waals surface area contributed by atoms with Gasteiger partial charge in [0, 0.05) is 16.7 Å². The first-order valence-electron chi connectivity index (χ1n) is 7.85. The average molecular weight is 348 g/mol. The van der Waals surface area contributed by atoms with Crippen LogP contribution in [0.4, 0.5) is 0 Å². The van der Waals surface area contributed by atoms with E-state index in [-0.39, 0.29) is 7.43 Å². The van der Waals surface area contributed by atoms with E-state index in [4.69, 9.17) is 10.3 Å². The number of nitrogens with zero attached hydrogens (tertiary/aromatic N) is 2. The first kappa shape index (κ1) is 17.4. The van der Waals surface area contributed by atoms with Crippen molar-refractivity contribution in [1.29, 1.82) is 0 Å². The van der Waals surface area contributed by atoms with Gasteiger partial charge in [-0.05, 0) is 49.2 Å². The summed E-state index contributed by atoms with van der Waals surface area (Å²) in [5.74, 6) is 0.301. The summed E-state index contributed by atoms with van der Waals surface area (Å²) in [4.78, 5) is 19.1. The fraction of sp³-hybridized carbons (Fsp3) is 0.150. The predicted molar refractivity (Wildman–Crippen MR) is 102 cm³/mol. The number of nitrogens with two attached hydrogens (primary N) is 1. The molecule has 4 aromatic rings. The summed E-state index contributed by atoms with van der Waals surface area (Å²) in [5.41, 5.74) is 12.2. The number of carbonyl (C=O) groups is 1. The molecule has 0 aliphatic rings. The van der Waals surface area contributed by atoms with E-state index in [2.05, 4.69) is 15.1 Å². The molecule has 0 aliphatic carbocycles. The number of nitrogens with one attached hydrogen (secondary N) is 1. The third kappa shape index (κ3) is 2.75. The second kappa shape index (κ2) is 6.48. The lowest BCUT2D eigenvalue weighted by Gasteiger charge is -2.08. The number of carbonyl (C=O) groups excluding carboxylic acids is 1. The van der Waals surface area contributed by atoms with Gasteiger partial charge in [-0.2, -0.15) is 0 Å². The zero-order chi connectivity index (χ0) is 17.6. The minimum absolute atomic E-state index is 0. The first-order chi connectivity index (χ1) is 12.0. The molecule has 0 unspecified atom stereocenters. The van der Waals surface area contributed by atoms with Crippen molar-refractivity contribution in [1.82, 2.24) is 15.1 Å². The van der Waals surface area contributed by atoms with Gasteiger partial charge in [-0.1, -0.05) is 24.7 Å². The van der Waals surface area contributed by atoms with Gasteiger partial charge >= 0.3 is 0 Å². The Hall–Kier alpha value is -3.41. The number of aromatic amines is 1. The Morgan fingerprint density at radius 1 is 1.15 bits per heavy atom. The maximum atomic E-state index is 11.5. The maximum Gasteiger partial charge on any atom is 0.248 e. The Bertz CT molecular complexity index is 1090. The monoisotopic (exact) mass is 348 g/mol. The number of rotatable bonds is 3. The van der Waals surface area contributed by atoms with Gasteiger partial charge in [0.1, 0.15) is 5.76 Å². The van der Waals surface area contributed by atoms with Crippen molar-refractivity contribution in [3.8, 4) is 22.3 Å². The molecule has 0 bridgehead atoms. The van der Waals surface area contributed by atoms with Crippen LogP contribution in [0.2, 0.25) is 0 Å². The third-order valence-electron chi connectivity index (χ3n) is 4.30. The lowest BCUT2D eigenvalue weighted by molar-refractivity contribution is 0.100. The van der Waals surface area contributed by atoms with Gasteiger partial charge in [-0.15, -0.1) is 0 Å². The van der Waals surface area contributed by atoms with Gasteiger partial charge in [0.2, 0.25) is 5.91 Å². The number of imidazole rings is 1. The number of aryl methyl sites for hydroxylation is 2. The smallest absolute Gasteiger partial charge is 0.248 e. The van der Waals surface area contributed by atoms with E-state index in [1.165, 1.54) is 0 Å². The van der Waals surface area contributed by atoms with E-state index in [9.17, 15) is 4.79 Å². The SMILES string of the molecule is C.Cc1noc(C)c1-c1cc(-c2cccc(C(N)=O)c2)c2nc[nH]c2c1. The molecular formula is C20H20N4O2. The largest absolute Gasteiger partial charge is 0.366 e. The Morgan fingerprint density at radius 3 is 2.65 bits per heavy atom. The number of amides is 1. The van der Waals surface area contributed by atoms with Crippen molar-refractivity contribution in [2.24, 2.45) is 5.73 Å². The third-order valence-corrected chi connectivity index (χ3v) is 4.30. The Morgan fingerprint density at radius 2 is 1.96 bits per heavy atom. The van der Waals surface area contributed by atoms with Crippen LogP contribution < -0.4 is 5.73 Å². The molecule has 1 amide bonds. The van der Waals surface area contributed by atoms with Crippen LogP contribution >= 0.6 is 0 Å². The molecule has 132 valence electrons. The van der Waals surface area contributed by atoms with E-state index < -0.39 is 5.91 Å². The maximum absolute atomic E-state index is 11.5. The van der Waals surface area contributed by atoms with Gasteiger partial charge in [0.15, 0.2) is 0 Å². The highest BCUT2D eigenvalue weighted by molar-refractivity contribution is 5.99. The summed E-state index contributed by atoms with van der Waals surface area (Å²) in [7, 11) is 0. The lowest BCUT2D eigenvalue weighted by Crippen LogP contribution is -2.10. The van der Waals surface area contributed by atoms with Crippen molar-refractivity contribution < 1.29 is 9.32 Å². The van der Waals surface area contributed by atoms with Gasteiger partial charge in [0.25, 0.3) is 0 Å². The highest BCUT2D eigenvalue weighted by Crippen LogP contribution is 2.35. The summed E-state index contributed by atoms with van der Waals surface area (Å²) in [6, 6.07) is 11.3. The molecule has 4 rings (SSSR count). The summed E-state index contributed by atoms with van der Waals surface area (Å²) in [6.45, 7) is 3.80. The summed E-state index contributed by atoms with van der Waals surface area (Å²) in [5, 5.41) is 4.04. The fourth-order valence-corrected chi connectivity index (χ4v) is 3.15. The topological polar surface area (TPSA) is 97.8 Å². The fourth-order valence-electron chi connectivity index (χ4n) is 3.15. The number of aromatic nitrogens is 3. The van der Waals surface area contributed by atoms with Crippen LogP contribution in [-0.4, -0.2) is 21.0 Å². The van der Waals surface area contributed by atoms with Gasteiger partial charge in [0.05, 0.1) is 23.1 Å². The predicted octanol–water partition coefficient (Wildman–Crippen LogP) is 4.24. The Balaban J connectivity index is 0.00000196. The molecule has 6 heteroatoms.